The van der Waals surface area contributed by atoms with Crippen molar-refractivity contribution in [3.63, 3.8) is 0 Å². The van der Waals surface area contributed by atoms with Gasteiger partial charge in [0.1, 0.15) is 5.75 Å². The fourth-order valence-electron chi connectivity index (χ4n) is 2.65. The minimum Gasteiger partial charge on any atom is -0.497 e. The van der Waals surface area contributed by atoms with Crippen molar-refractivity contribution >= 4 is 0 Å². The lowest BCUT2D eigenvalue weighted by Crippen LogP contribution is -2.14. The zero-order valence-electron chi connectivity index (χ0n) is 9.92. The Hall–Kier alpha value is -0.980. The van der Waals surface area contributed by atoms with Gasteiger partial charge in [-0.05, 0) is 54.4 Å². The summed E-state index contributed by atoms with van der Waals surface area (Å²) >= 11 is 0. The fourth-order valence-corrected chi connectivity index (χ4v) is 2.65. The number of fused-ring (bicyclic) bond motifs is 1. The standard InChI is InChI=1S/C14H20O/c1-10(2)13-6-4-5-11-9-12(15-3)7-8-14(11)13/h7-10,13H,4-6H2,1-3H3/t13-/m1/s1. The Labute approximate surface area is 92.5 Å². The van der Waals surface area contributed by atoms with Crippen LogP contribution in [0.15, 0.2) is 18.2 Å². The summed E-state index contributed by atoms with van der Waals surface area (Å²) in [5.41, 5.74) is 3.05. The number of methoxy groups -OCH3 is 1. The number of aryl methyl sites for hydroxylation is 1. The summed E-state index contributed by atoms with van der Waals surface area (Å²) < 4.78 is 5.28. The van der Waals surface area contributed by atoms with Crippen molar-refractivity contribution < 1.29 is 4.74 Å². The first-order valence-corrected chi connectivity index (χ1v) is 5.89. The zero-order chi connectivity index (χ0) is 10.8. The molecule has 0 spiro atoms. The van der Waals surface area contributed by atoms with E-state index in [1.807, 2.05) is 0 Å². The molecule has 0 bridgehead atoms. The molecule has 1 nitrogen and oxygen atoms in total. The molecule has 0 aromatic heterocycles. The maximum atomic E-state index is 5.28. The molecule has 0 saturated carbocycles. The number of rotatable bonds is 2. The van der Waals surface area contributed by atoms with Gasteiger partial charge in [0, 0.05) is 0 Å². The maximum Gasteiger partial charge on any atom is 0.119 e. The van der Waals surface area contributed by atoms with E-state index in [-0.39, 0.29) is 0 Å². The van der Waals surface area contributed by atoms with Gasteiger partial charge in [-0.25, -0.2) is 0 Å². The van der Waals surface area contributed by atoms with E-state index < -0.39 is 0 Å². The molecule has 0 heterocycles. The number of hydrogen-bond donors (Lipinski definition) is 0. The molecule has 1 heteroatoms. The third-order valence-corrected chi connectivity index (χ3v) is 3.52. The highest BCUT2D eigenvalue weighted by Gasteiger charge is 2.22. The molecule has 82 valence electrons. The highest BCUT2D eigenvalue weighted by molar-refractivity contribution is 5.39. The van der Waals surface area contributed by atoms with E-state index in [0.717, 1.165) is 17.6 Å². The third kappa shape index (κ3) is 2.01. The minimum absolute atomic E-state index is 0.748. The summed E-state index contributed by atoms with van der Waals surface area (Å²) in [5, 5.41) is 0. The smallest absolute Gasteiger partial charge is 0.119 e. The average Bonchev–Trinajstić information content (AvgIpc) is 2.27. The predicted octanol–water partition coefficient (Wildman–Crippen LogP) is 3.77. The third-order valence-electron chi connectivity index (χ3n) is 3.52. The molecule has 0 radical (unpaired) electrons. The molecule has 0 amide bonds. The summed E-state index contributed by atoms with van der Waals surface area (Å²) in [5.74, 6) is 2.50. The van der Waals surface area contributed by atoms with Crippen LogP contribution in [0.1, 0.15) is 43.7 Å². The quantitative estimate of drug-likeness (QED) is 0.712. The second-order valence-corrected chi connectivity index (χ2v) is 4.81. The van der Waals surface area contributed by atoms with Crippen molar-refractivity contribution in [2.45, 2.75) is 39.0 Å². The van der Waals surface area contributed by atoms with Crippen molar-refractivity contribution in [2.75, 3.05) is 7.11 Å². The zero-order valence-corrected chi connectivity index (χ0v) is 9.92. The Bertz CT molecular complexity index is 341. The van der Waals surface area contributed by atoms with Crippen LogP contribution in [-0.2, 0) is 6.42 Å². The second kappa shape index (κ2) is 4.26. The Morgan fingerprint density at radius 1 is 1.33 bits per heavy atom. The van der Waals surface area contributed by atoms with Gasteiger partial charge in [-0.2, -0.15) is 0 Å². The summed E-state index contributed by atoms with van der Waals surface area (Å²) in [6.07, 6.45) is 3.88. The van der Waals surface area contributed by atoms with E-state index in [0.29, 0.717) is 0 Å². The average molecular weight is 204 g/mol. The molecule has 0 unspecified atom stereocenters. The van der Waals surface area contributed by atoms with Crippen LogP contribution in [0.2, 0.25) is 0 Å². The van der Waals surface area contributed by atoms with Gasteiger partial charge < -0.3 is 4.74 Å². The lowest BCUT2D eigenvalue weighted by molar-refractivity contribution is 0.407. The van der Waals surface area contributed by atoms with Crippen molar-refractivity contribution in [3.05, 3.63) is 29.3 Å². The molecule has 1 aromatic rings. The molecule has 0 aliphatic heterocycles. The lowest BCUT2D eigenvalue weighted by Gasteiger charge is -2.28. The van der Waals surface area contributed by atoms with Crippen LogP contribution in [0.4, 0.5) is 0 Å². The van der Waals surface area contributed by atoms with Crippen molar-refractivity contribution in [1.82, 2.24) is 0 Å². The highest BCUT2D eigenvalue weighted by atomic mass is 16.5. The van der Waals surface area contributed by atoms with Crippen LogP contribution >= 0.6 is 0 Å². The Balaban J connectivity index is 2.36. The highest BCUT2D eigenvalue weighted by Crippen LogP contribution is 2.37. The van der Waals surface area contributed by atoms with Crippen LogP contribution in [-0.4, -0.2) is 7.11 Å². The molecular formula is C14H20O. The Morgan fingerprint density at radius 3 is 2.80 bits per heavy atom. The topological polar surface area (TPSA) is 9.23 Å². The van der Waals surface area contributed by atoms with Crippen LogP contribution in [0, 0.1) is 5.92 Å². The molecule has 0 saturated heterocycles. The maximum absolute atomic E-state index is 5.28. The molecule has 2 rings (SSSR count). The van der Waals surface area contributed by atoms with Crippen LogP contribution in [0.3, 0.4) is 0 Å². The largest absolute Gasteiger partial charge is 0.497 e. The first-order valence-electron chi connectivity index (χ1n) is 5.89. The summed E-state index contributed by atoms with van der Waals surface area (Å²) in [6.45, 7) is 4.65. The first-order chi connectivity index (χ1) is 7.22. The van der Waals surface area contributed by atoms with Gasteiger partial charge in [-0.3, -0.25) is 0 Å². The van der Waals surface area contributed by atoms with Crippen LogP contribution in [0.5, 0.6) is 5.75 Å². The van der Waals surface area contributed by atoms with E-state index in [2.05, 4.69) is 32.0 Å². The van der Waals surface area contributed by atoms with Gasteiger partial charge in [0.25, 0.3) is 0 Å². The second-order valence-electron chi connectivity index (χ2n) is 4.81. The number of ether oxygens (including phenoxy) is 1. The minimum atomic E-state index is 0.748. The summed E-state index contributed by atoms with van der Waals surface area (Å²) in [4.78, 5) is 0. The lowest BCUT2D eigenvalue weighted by atomic mass is 9.77. The predicted molar refractivity (Wildman–Crippen MR) is 63.5 cm³/mol. The van der Waals surface area contributed by atoms with Gasteiger partial charge >= 0.3 is 0 Å². The Kier molecular flexibility index (Phi) is 2.99. The fraction of sp³-hybridized carbons (Fsp3) is 0.571. The van der Waals surface area contributed by atoms with E-state index in [9.17, 15) is 0 Å². The molecule has 1 aromatic carbocycles. The first kappa shape index (κ1) is 10.5. The van der Waals surface area contributed by atoms with Crippen molar-refractivity contribution in [1.29, 1.82) is 0 Å². The van der Waals surface area contributed by atoms with Gasteiger partial charge in [-0.15, -0.1) is 0 Å². The van der Waals surface area contributed by atoms with E-state index in [4.69, 9.17) is 4.74 Å². The van der Waals surface area contributed by atoms with Crippen molar-refractivity contribution in [3.8, 4) is 5.75 Å². The molecular weight excluding hydrogens is 184 g/mol. The SMILES string of the molecule is COc1ccc2c(c1)CCC[C@@H]2C(C)C. The van der Waals surface area contributed by atoms with Gasteiger partial charge in [0.05, 0.1) is 7.11 Å². The summed E-state index contributed by atoms with van der Waals surface area (Å²) in [6, 6.07) is 6.57. The van der Waals surface area contributed by atoms with Gasteiger partial charge in [-0.1, -0.05) is 19.9 Å². The monoisotopic (exact) mass is 204 g/mol. The molecule has 1 atom stereocenters. The van der Waals surface area contributed by atoms with E-state index >= 15 is 0 Å². The number of benzene rings is 1. The van der Waals surface area contributed by atoms with Crippen LogP contribution < -0.4 is 4.74 Å². The molecule has 1 aliphatic carbocycles. The van der Waals surface area contributed by atoms with Crippen molar-refractivity contribution in [2.24, 2.45) is 5.92 Å². The normalized spacial score (nSPS) is 20.1. The van der Waals surface area contributed by atoms with E-state index in [1.54, 1.807) is 12.7 Å². The Morgan fingerprint density at radius 2 is 2.13 bits per heavy atom. The van der Waals surface area contributed by atoms with Crippen LogP contribution in [0.25, 0.3) is 0 Å². The van der Waals surface area contributed by atoms with E-state index in [1.165, 1.54) is 24.8 Å². The van der Waals surface area contributed by atoms with Gasteiger partial charge in [0.15, 0.2) is 0 Å². The molecule has 1 aliphatic rings. The number of hydrogen-bond acceptors (Lipinski definition) is 1. The van der Waals surface area contributed by atoms with Gasteiger partial charge in [0.2, 0.25) is 0 Å². The molecule has 0 N–H and O–H groups in total. The molecule has 0 fully saturated rings. The summed E-state index contributed by atoms with van der Waals surface area (Å²) in [7, 11) is 1.74. The molecule has 15 heavy (non-hydrogen) atoms.